The van der Waals surface area contributed by atoms with E-state index in [2.05, 4.69) is 53.6 Å². The van der Waals surface area contributed by atoms with Crippen LogP contribution in [-0.2, 0) is 11.3 Å². The molecule has 0 aliphatic heterocycles. The molecule has 4 aromatic rings. The summed E-state index contributed by atoms with van der Waals surface area (Å²) in [5.41, 5.74) is 4.58. The summed E-state index contributed by atoms with van der Waals surface area (Å²) in [7, 11) is 0. The minimum absolute atomic E-state index is 0.0123. The molecule has 0 saturated heterocycles. The van der Waals surface area contributed by atoms with E-state index >= 15 is 0 Å². The van der Waals surface area contributed by atoms with E-state index in [1.54, 1.807) is 6.20 Å². The average molecular weight is 382 g/mol. The second-order valence-corrected chi connectivity index (χ2v) is 6.94. The van der Waals surface area contributed by atoms with Crippen molar-refractivity contribution in [2.45, 2.75) is 13.5 Å². The van der Waals surface area contributed by atoms with Crippen LogP contribution in [0.1, 0.15) is 11.1 Å². The fraction of sp³-hybridized carbons (Fsp3) is 0.120. The Morgan fingerprint density at radius 1 is 0.931 bits per heavy atom. The van der Waals surface area contributed by atoms with Crippen LogP contribution in [0.25, 0.3) is 21.9 Å². The number of pyridine rings is 1. The Morgan fingerprint density at radius 3 is 2.52 bits per heavy atom. The number of nitrogens with one attached hydrogen (secondary N) is 1. The lowest BCUT2D eigenvalue weighted by Crippen LogP contribution is -2.28. The molecule has 0 spiro atoms. The molecule has 4 rings (SSSR count). The molecular weight excluding hydrogens is 360 g/mol. The molecule has 144 valence electrons. The van der Waals surface area contributed by atoms with Gasteiger partial charge in [-0.25, -0.2) is 0 Å². The van der Waals surface area contributed by atoms with Gasteiger partial charge in [0.05, 0.1) is 0 Å². The maximum atomic E-state index is 12.2. The molecule has 1 heterocycles. The summed E-state index contributed by atoms with van der Waals surface area (Å²) < 4.78 is 5.51. The van der Waals surface area contributed by atoms with E-state index in [4.69, 9.17) is 4.74 Å². The van der Waals surface area contributed by atoms with Crippen LogP contribution in [0.2, 0.25) is 0 Å². The third-order valence-electron chi connectivity index (χ3n) is 4.86. The normalized spacial score (nSPS) is 10.7. The van der Waals surface area contributed by atoms with Gasteiger partial charge in [-0.2, -0.15) is 0 Å². The van der Waals surface area contributed by atoms with Gasteiger partial charge in [0.2, 0.25) is 0 Å². The van der Waals surface area contributed by atoms with E-state index in [9.17, 15) is 4.79 Å². The van der Waals surface area contributed by atoms with Gasteiger partial charge >= 0.3 is 0 Å². The van der Waals surface area contributed by atoms with Gasteiger partial charge in [-0.3, -0.25) is 9.78 Å². The van der Waals surface area contributed by atoms with Crippen LogP contribution in [0.3, 0.4) is 0 Å². The number of aromatic nitrogens is 1. The van der Waals surface area contributed by atoms with Gasteiger partial charge in [-0.1, -0.05) is 60.2 Å². The first-order chi connectivity index (χ1) is 14.2. The Balaban J connectivity index is 1.50. The van der Waals surface area contributed by atoms with Crippen molar-refractivity contribution in [3.63, 3.8) is 0 Å². The molecule has 0 fully saturated rings. The van der Waals surface area contributed by atoms with E-state index < -0.39 is 0 Å². The topological polar surface area (TPSA) is 51.2 Å². The Kier molecular flexibility index (Phi) is 5.52. The zero-order valence-corrected chi connectivity index (χ0v) is 16.3. The summed E-state index contributed by atoms with van der Waals surface area (Å²) in [5, 5.41) is 5.09. The molecule has 0 unspecified atom stereocenters. The first kappa shape index (κ1) is 18.7. The standard InChI is InChI=1S/C25H22N2O2/c1-18-7-9-19(10-8-18)22-12-11-20(24-16-26-14-13-23(22)24)15-27-25(28)17-29-21-5-3-2-4-6-21/h2-14,16H,15,17H2,1H3,(H,27,28). The maximum Gasteiger partial charge on any atom is 0.258 e. The number of carbonyl (C=O) groups is 1. The van der Waals surface area contributed by atoms with E-state index in [1.165, 1.54) is 11.1 Å². The van der Waals surface area contributed by atoms with Crippen molar-refractivity contribution in [2.75, 3.05) is 6.61 Å². The number of hydrogen-bond donors (Lipinski definition) is 1. The van der Waals surface area contributed by atoms with E-state index in [0.29, 0.717) is 12.3 Å². The van der Waals surface area contributed by atoms with Crippen molar-refractivity contribution in [3.05, 3.63) is 96.3 Å². The average Bonchev–Trinajstić information content (AvgIpc) is 2.77. The van der Waals surface area contributed by atoms with E-state index in [0.717, 1.165) is 21.9 Å². The number of hydrogen-bond acceptors (Lipinski definition) is 3. The van der Waals surface area contributed by atoms with E-state index in [1.807, 2.05) is 42.6 Å². The molecule has 1 amide bonds. The van der Waals surface area contributed by atoms with Crippen molar-refractivity contribution < 1.29 is 9.53 Å². The molecule has 0 bridgehead atoms. The van der Waals surface area contributed by atoms with Crippen LogP contribution in [0.4, 0.5) is 0 Å². The first-order valence-electron chi connectivity index (χ1n) is 9.58. The molecule has 3 aromatic carbocycles. The fourth-order valence-electron chi connectivity index (χ4n) is 3.30. The van der Waals surface area contributed by atoms with E-state index in [-0.39, 0.29) is 12.5 Å². The molecule has 1 N–H and O–H groups in total. The fourth-order valence-corrected chi connectivity index (χ4v) is 3.30. The monoisotopic (exact) mass is 382 g/mol. The van der Waals surface area contributed by atoms with Crippen LogP contribution >= 0.6 is 0 Å². The predicted molar refractivity (Wildman–Crippen MR) is 116 cm³/mol. The zero-order valence-electron chi connectivity index (χ0n) is 16.3. The van der Waals surface area contributed by atoms with Crippen molar-refractivity contribution in [3.8, 4) is 16.9 Å². The van der Waals surface area contributed by atoms with Gasteiger partial charge in [0.15, 0.2) is 6.61 Å². The summed E-state index contributed by atoms with van der Waals surface area (Å²) in [5.74, 6) is 0.522. The van der Waals surface area contributed by atoms with Gasteiger partial charge in [0.25, 0.3) is 5.91 Å². The van der Waals surface area contributed by atoms with Gasteiger partial charge in [0, 0.05) is 24.3 Å². The Labute approximate surface area is 170 Å². The number of aryl methyl sites for hydroxylation is 1. The number of ether oxygens (including phenoxy) is 1. The second kappa shape index (κ2) is 8.57. The highest BCUT2D eigenvalue weighted by atomic mass is 16.5. The highest BCUT2D eigenvalue weighted by molar-refractivity contribution is 5.98. The summed E-state index contributed by atoms with van der Waals surface area (Å²) in [4.78, 5) is 16.5. The second-order valence-electron chi connectivity index (χ2n) is 6.94. The largest absolute Gasteiger partial charge is 0.484 e. The Morgan fingerprint density at radius 2 is 1.72 bits per heavy atom. The molecule has 0 saturated carbocycles. The summed E-state index contributed by atoms with van der Waals surface area (Å²) >= 11 is 0. The first-order valence-corrected chi connectivity index (χ1v) is 9.58. The highest BCUT2D eigenvalue weighted by Gasteiger charge is 2.10. The Bertz CT molecular complexity index is 1120. The highest BCUT2D eigenvalue weighted by Crippen LogP contribution is 2.30. The van der Waals surface area contributed by atoms with Crippen LogP contribution < -0.4 is 10.1 Å². The molecule has 4 heteroatoms. The predicted octanol–water partition coefficient (Wildman–Crippen LogP) is 4.91. The summed E-state index contributed by atoms with van der Waals surface area (Å²) in [6, 6.07) is 24.0. The number of nitrogens with zero attached hydrogens (tertiary/aromatic N) is 1. The maximum absolute atomic E-state index is 12.2. The quantitative estimate of drug-likeness (QED) is 0.516. The summed E-state index contributed by atoms with van der Waals surface area (Å²) in [6.07, 6.45) is 3.66. The summed E-state index contributed by atoms with van der Waals surface area (Å²) in [6.45, 7) is 2.49. The molecular formula is C25H22N2O2. The molecule has 0 aliphatic rings. The van der Waals surface area contributed by atoms with Crippen molar-refractivity contribution >= 4 is 16.7 Å². The molecule has 0 atom stereocenters. The van der Waals surface area contributed by atoms with Crippen molar-refractivity contribution in [2.24, 2.45) is 0 Å². The van der Waals surface area contributed by atoms with Crippen LogP contribution in [0, 0.1) is 6.92 Å². The van der Waals surface area contributed by atoms with Crippen LogP contribution in [-0.4, -0.2) is 17.5 Å². The van der Waals surface area contributed by atoms with Gasteiger partial charge in [-0.05, 0) is 47.2 Å². The number of carbonyl (C=O) groups excluding carboxylic acids is 1. The SMILES string of the molecule is Cc1ccc(-c2ccc(CNC(=O)COc3ccccc3)c3cnccc23)cc1. The molecule has 0 radical (unpaired) electrons. The number of fused-ring (bicyclic) bond motifs is 1. The Hall–Kier alpha value is -3.66. The third-order valence-corrected chi connectivity index (χ3v) is 4.86. The van der Waals surface area contributed by atoms with Crippen molar-refractivity contribution in [1.82, 2.24) is 10.3 Å². The number of rotatable bonds is 6. The lowest BCUT2D eigenvalue weighted by atomic mass is 9.96. The third kappa shape index (κ3) is 4.43. The van der Waals surface area contributed by atoms with Gasteiger partial charge < -0.3 is 10.1 Å². The zero-order chi connectivity index (χ0) is 20.1. The smallest absolute Gasteiger partial charge is 0.258 e. The van der Waals surface area contributed by atoms with Crippen molar-refractivity contribution in [1.29, 1.82) is 0 Å². The number of para-hydroxylation sites is 1. The molecule has 4 nitrogen and oxygen atoms in total. The molecule has 1 aromatic heterocycles. The molecule has 0 aliphatic carbocycles. The number of benzene rings is 3. The molecule has 29 heavy (non-hydrogen) atoms. The lowest BCUT2D eigenvalue weighted by molar-refractivity contribution is -0.123. The van der Waals surface area contributed by atoms with Crippen LogP contribution in [0.15, 0.2) is 85.2 Å². The van der Waals surface area contributed by atoms with Gasteiger partial charge in [0.1, 0.15) is 5.75 Å². The van der Waals surface area contributed by atoms with Crippen LogP contribution in [0.5, 0.6) is 5.75 Å². The van der Waals surface area contributed by atoms with Gasteiger partial charge in [-0.15, -0.1) is 0 Å². The lowest BCUT2D eigenvalue weighted by Gasteiger charge is -2.13. The minimum Gasteiger partial charge on any atom is -0.484 e. The number of amides is 1. The minimum atomic E-state index is -0.159.